The number of anilines is 2. The Labute approximate surface area is 134 Å². The number of benzene rings is 2. The number of imide groups is 1. The van der Waals surface area contributed by atoms with Crippen molar-refractivity contribution in [2.75, 3.05) is 17.3 Å². The molecule has 2 amide bonds. The van der Waals surface area contributed by atoms with Gasteiger partial charge in [-0.05, 0) is 36.8 Å². The molecule has 1 aliphatic heterocycles. The Bertz CT molecular complexity index is 757. The molecule has 23 heavy (non-hydrogen) atoms. The maximum atomic E-state index is 12.7. The van der Waals surface area contributed by atoms with Crippen LogP contribution in [0, 0.1) is 6.92 Å². The normalized spacial score (nSPS) is 17.5. The first-order chi connectivity index (χ1) is 11.1. The van der Waals surface area contributed by atoms with Gasteiger partial charge in [-0.25, -0.2) is 4.90 Å². The molecule has 5 nitrogen and oxygen atoms in total. The molecule has 3 rings (SSSR count). The Balaban J connectivity index is 1.85. The monoisotopic (exact) mass is 310 g/mol. The molecule has 118 valence electrons. The minimum atomic E-state index is -0.561. The summed E-state index contributed by atoms with van der Waals surface area (Å²) in [7, 11) is 1.52. The van der Waals surface area contributed by atoms with Gasteiger partial charge in [0.25, 0.3) is 5.91 Å². The molecule has 1 unspecified atom stereocenters. The van der Waals surface area contributed by atoms with E-state index in [1.54, 1.807) is 24.3 Å². The number of aryl methyl sites for hydroxylation is 1. The van der Waals surface area contributed by atoms with Crippen LogP contribution in [0.3, 0.4) is 0 Å². The highest BCUT2D eigenvalue weighted by molar-refractivity contribution is 6.23. The lowest BCUT2D eigenvalue weighted by Crippen LogP contribution is -2.35. The molecule has 1 heterocycles. The minimum absolute atomic E-state index is 0.130. The second-order valence-electron chi connectivity index (χ2n) is 5.51. The summed E-state index contributed by atoms with van der Waals surface area (Å²) in [6, 6.07) is 14.2. The highest BCUT2D eigenvalue weighted by atomic mass is 16.5. The van der Waals surface area contributed by atoms with Crippen molar-refractivity contribution in [1.29, 1.82) is 0 Å². The molecule has 5 heteroatoms. The van der Waals surface area contributed by atoms with Gasteiger partial charge in [0.05, 0.1) is 19.2 Å². The van der Waals surface area contributed by atoms with E-state index < -0.39 is 6.04 Å². The molecule has 1 aliphatic rings. The molecule has 0 aliphatic carbocycles. The summed E-state index contributed by atoms with van der Waals surface area (Å²) >= 11 is 0. The van der Waals surface area contributed by atoms with Gasteiger partial charge in [-0.1, -0.05) is 24.3 Å². The van der Waals surface area contributed by atoms with Crippen molar-refractivity contribution >= 4 is 23.2 Å². The summed E-state index contributed by atoms with van der Waals surface area (Å²) in [6.07, 6.45) is 0.130. The summed E-state index contributed by atoms with van der Waals surface area (Å²) in [5.41, 5.74) is 2.41. The van der Waals surface area contributed by atoms with Crippen molar-refractivity contribution in [3.8, 4) is 5.75 Å². The van der Waals surface area contributed by atoms with E-state index in [4.69, 9.17) is 4.74 Å². The lowest BCUT2D eigenvalue weighted by atomic mass is 10.2. The van der Waals surface area contributed by atoms with Gasteiger partial charge in [0.15, 0.2) is 0 Å². The van der Waals surface area contributed by atoms with E-state index in [1.165, 1.54) is 12.0 Å². The fourth-order valence-electron chi connectivity index (χ4n) is 2.75. The second-order valence-corrected chi connectivity index (χ2v) is 5.51. The number of carbonyl (C=O) groups is 2. The molecule has 1 N–H and O–H groups in total. The molecular weight excluding hydrogens is 292 g/mol. The summed E-state index contributed by atoms with van der Waals surface area (Å²) in [5, 5.41) is 3.15. The van der Waals surface area contributed by atoms with Crippen molar-refractivity contribution in [2.24, 2.45) is 0 Å². The third-order valence-electron chi connectivity index (χ3n) is 3.83. The summed E-state index contributed by atoms with van der Waals surface area (Å²) in [6.45, 7) is 1.98. The number of nitrogens with zero attached hydrogens (tertiary/aromatic N) is 1. The lowest BCUT2D eigenvalue weighted by Gasteiger charge is -2.18. The number of ether oxygens (including phenoxy) is 1. The van der Waals surface area contributed by atoms with Crippen molar-refractivity contribution < 1.29 is 14.3 Å². The zero-order valence-corrected chi connectivity index (χ0v) is 13.1. The zero-order chi connectivity index (χ0) is 16.4. The molecule has 2 aromatic rings. The number of methoxy groups -OCH3 is 1. The summed E-state index contributed by atoms with van der Waals surface area (Å²) in [5.74, 6) is 0.0102. The van der Waals surface area contributed by atoms with E-state index in [9.17, 15) is 9.59 Å². The minimum Gasteiger partial charge on any atom is -0.495 e. The van der Waals surface area contributed by atoms with Crippen LogP contribution in [0.25, 0.3) is 0 Å². The number of nitrogens with one attached hydrogen (secondary N) is 1. The average Bonchev–Trinajstić information content (AvgIpc) is 2.81. The van der Waals surface area contributed by atoms with Gasteiger partial charge in [-0.2, -0.15) is 0 Å². The van der Waals surface area contributed by atoms with E-state index >= 15 is 0 Å². The Morgan fingerprint density at radius 1 is 1.13 bits per heavy atom. The number of carbonyl (C=O) groups excluding carboxylic acids is 2. The number of hydrogen-bond acceptors (Lipinski definition) is 4. The van der Waals surface area contributed by atoms with Crippen LogP contribution in [-0.2, 0) is 9.59 Å². The predicted molar refractivity (Wildman–Crippen MR) is 88.7 cm³/mol. The quantitative estimate of drug-likeness (QED) is 0.882. The highest BCUT2D eigenvalue weighted by Crippen LogP contribution is 2.32. The van der Waals surface area contributed by atoms with Crippen LogP contribution >= 0.6 is 0 Å². The topological polar surface area (TPSA) is 58.6 Å². The number of hydrogen-bond donors (Lipinski definition) is 1. The largest absolute Gasteiger partial charge is 0.495 e. The van der Waals surface area contributed by atoms with Crippen LogP contribution in [0.1, 0.15) is 12.0 Å². The molecule has 0 aromatic heterocycles. The standard InChI is InChI=1S/C18H18N2O3/c1-12-6-5-7-13(10-12)19-14-11-17(21)20(18(14)22)15-8-3-4-9-16(15)23-2/h3-10,14,19H,11H2,1-2H3. The molecule has 0 spiro atoms. The molecule has 2 aromatic carbocycles. The van der Waals surface area contributed by atoms with Gasteiger partial charge in [-0.3, -0.25) is 9.59 Å². The van der Waals surface area contributed by atoms with Gasteiger partial charge in [0.2, 0.25) is 5.91 Å². The van der Waals surface area contributed by atoms with Crippen LogP contribution in [0.4, 0.5) is 11.4 Å². The lowest BCUT2D eigenvalue weighted by molar-refractivity contribution is -0.121. The smallest absolute Gasteiger partial charge is 0.256 e. The Hall–Kier alpha value is -2.82. The first kappa shape index (κ1) is 15.1. The van der Waals surface area contributed by atoms with Gasteiger partial charge in [-0.15, -0.1) is 0 Å². The van der Waals surface area contributed by atoms with Crippen LogP contribution in [0.15, 0.2) is 48.5 Å². The average molecular weight is 310 g/mol. The summed E-state index contributed by atoms with van der Waals surface area (Å²) in [4.78, 5) is 26.2. The van der Waals surface area contributed by atoms with Crippen molar-refractivity contribution in [1.82, 2.24) is 0 Å². The first-order valence-electron chi connectivity index (χ1n) is 7.43. The molecular formula is C18H18N2O3. The van der Waals surface area contributed by atoms with E-state index in [0.717, 1.165) is 11.3 Å². The van der Waals surface area contributed by atoms with Crippen LogP contribution in [0.5, 0.6) is 5.75 Å². The fraction of sp³-hybridized carbons (Fsp3) is 0.222. The van der Waals surface area contributed by atoms with Gasteiger partial charge < -0.3 is 10.1 Å². The SMILES string of the molecule is COc1ccccc1N1C(=O)CC(Nc2cccc(C)c2)C1=O. The zero-order valence-electron chi connectivity index (χ0n) is 13.1. The van der Waals surface area contributed by atoms with Gasteiger partial charge in [0, 0.05) is 5.69 Å². The number of rotatable bonds is 4. The van der Waals surface area contributed by atoms with Crippen molar-refractivity contribution in [3.63, 3.8) is 0 Å². The molecule has 0 saturated carbocycles. The van der Waals surface area contributed by atoms with Gasteiger partial charge in [0.1, 0.15) is 11.8 Å². The Morgan fingerprint density at radius 3 is 2.65 bits per heavy atom. The molecule has 1 saturated heterocycles. The molecule has 0 radical (unpaired) electrons. The van der Waals surface area contributed by atoms with E-state index in [-0.39, 0.29) is 18.2 Å². The van der Waals surface area contributed by atoms with Crippen molar-refractivity contribution in [2.45, 2.75) is 19.4 Å². The van der Waals surface area contributed by atoms with Crippen LogP contribution in [-0.4, -0.2) is 25.0 Å². The summed E-state index contributed by atoms with van der Waals surface area (Å²) < 4.78 is 5.26. The first-order valence-corrected chi connectivity index (χ1v) is 7.43. The molecule has 1 fully saturated rings. The van der Waals surface area contributed by atoms with Crippen LogP contribution < -0.4 is 15.0 Å². The molecule has 1 atom stereocenters. The van der Waals surface area contributed by atoms with Gasteiger partial charge >= 0.3 is 0 Å². The maximum absolute atomic E-state index is 12.7. The second kappa shape index (κ2) is 6.12. The highest BCUT2D eigenvalue weighted by Gasteiger charge is 2.40. The van der Waals surface area contributed by atoms with E-state index in [0.29, 0.717) is 11.4 Å². The maximum Gasteiger partial charge on any atom is 0.256 e. The van der Waals surface area contributed by atoms with Crippen LogP contribution in [0.2, 0.25) is 0 Å². The molecule has 0 bridgehead atoms. The van der Waals surface area contributed by atoms with E-state index in [2.05, 4.69) is 5.32 Å². The third-order valence-corrected chi connectivity index (χ3v) is 3.83. The Morgan fingerprint density at radius 2 is 1.91 bits per heavy atom. The Kier molecular flexibility index (Phi) is 4.02. The van der Waals surface area contributed by atoms with Crippen molar-refractivity contribution in [3.05, 3.63) is 54.1 Å². The third kappa shape index (κ3) is 2.90. The number of para-hydroxylation sites is 2. The number of amides is 2. The van der Waals surface area contributed by atoms with E-state index in [1.807, 2.05) is 31.2 Å². The predicted octanol–water partition coefficient (Wildman–Crippen LogP) is 2.75. The fourth-order valence-corrected chi connectivity index (χ4v) is 2.75.